The average Bonchev–Trinajstić information content (AvgIpc) is 1.66. The zero-order valence-corrected chi connectivity index (χ0v) is 82.7. The number of carbonyl (C=O) groups is 1. The standard InChI is InChI=1S/C27H35N3O5S.C25H34N4O3S.C24H30FN3O3S.C24H32N4O3S/c1-5-20-6-8-23(9-7-20)30(17-19(2)3)36(32,33)24-14-22-16-28-29(18-21-10-12-35-13-11-21)26(22)25(15-24)27(31)34-4;1-19(2)17-29(23-7-5-22(6-8-23)27(3)4)33(30,31)24-9-10-25-21(15-24)16-26-28(25)18-20-11-13-32-14-12-20;1-17(2)15-28(24-6-4-18(3)12-22(24)25)32(29,30)21-5-7-23-20(13-21)14-26-27(23)16-19-8-10-31-11-9-19;1-17(2)15-28(24-14-25-19(4)11-18(24)3)32(29,30)22-5-6-23-21(12-22)13-26-27(23)16-20-7-9-31-10-8-20/h6-9,14-16,19,21H,5,10-13,17-18H2,1-4H3;5-10,15-16,19-20H,11-14,17-18H2,1-4H3;4-7,12-14,17,19H,8-11,15-16H2,1-3H3;5-6,11-14,17,20H,7-10,15-16H2,1-4H3. The van der Waals surface area contributed by atoms with Gasteiger partial charge in [0.1, 0.15) is 5.82 Å². The quantitative estimate of drug-likeness (QED) is 0.0365. The predicted molar refractivity (Wildman–Crippen MR) is 523 cm³/mol. The first-order valence-electron chi connectivity index (χ1n) is 46.4. The minimum Gasteiger partial charge on any atom is -0.465 e. The van der Waals surface area contributed by atoms with E-state index in [2.05, 4.69) is 32.3 Å². The van der Waals surface area contributed by atoms with Crippen molar-refractivity contribution in [2.75, 3.05) is 122 Å². The summed E-state index contributed by atoms with van der Waals surface area (Å²) in [5.74, 6) is 1.28. The van der Waals surface area contributed by atoms with Crippen molar-refractivity contribution in [3.05, 3.63) is 204 Å². The molecule has 0 radical (unpaired) electrons. The Morgan fingerprint density at radius 1 is 0.414 bits per heavy atom. The molecule has 0 bridgehead atoms. The van der Waals surface area contributed by atoms with E-state index in [1.807, 2.05) is 169 Å². The number of ether oxygens (including phenoxy) is 5. The van der Waals surface area contributed by atoms with Gasteiger partial charge in [-0.3, -0.25) is 40.9 Å². The normalized spacial score (nSPS) is 15.3. The maximum absolute atomic E-state index is 14.7. The molecule has 0 atom stereocenters. The highest BCUT2D eigenvalue weighted by Crippen LogP contribution is 2.38. The largest absolute Gasteiger partial charge is 0.465 e. The fourth-order valence-electron chi connectivity index (χ4n) is 17.3. The van der Waals surface area contributed by atoms with Crippen LogP contribution >= 0.6 is 0 Å². The lowest BCUT2D eigenvalue weighted by Crippen LogP contribution is -2.35. The van der Waals surface area contributed by atoms with Gasteiger partial charge in [-0.1, -0.05) is 80.5 Å². The Bertz CT molecular complexity index is 6250. The van der Waals surface area contributed by atoms with Crippen molar-refractivity contribution in [2.24, 2.45) is 47.3 Å². The molecule has 5 aromatic heterocycles. The second kappa shape index (κ2) is 44.4. The smallest absolute Gasteiger partial charge is 0.340 e. The van der Waals surface area contributed by atoms with Crippen LogP contribution in [0.1, 0.15) is 146 Å². The Hall–Kier alpha value is -10.4. The molecule has 16 rings (SSSR count). The van der Waals surface area contributed by atoms with Gasteiger partial charge in [-0.05, 0) is 264 Å². The van der Waals surface area contributed by atoms with Gasteiger partial charge in [0.05, 0.1) is 108 Å². The van der Waals surface area contributed by atoms with E-state index < -0.39 is 51.9 Å². The van der Waals surface area contributed by atoms with E-state index in [-0.39, 0.29) is 61.0 Å². The summed E-state index contributed by atoms with van der Waals surface area (Å²) >= 11 is 0. The number of benzene rings is 7. The van der Waals surface area contributed by atoms with E-state index >= 15 is 0 Å². The monoisotopic (exact) mass is 1900 g/mol. The Morgan fingerprint density at radius 3 is 1.14 bits per heavy atom. The molecule has 0 amide bonds. The number of esters is 1. The van der Waals surface area contributed by atoms with Crippen molar-refractivity contribution < 1.29 is 66.5 Å². The molecule has 4 aliphatic rings. The molecule has 133 heavy (non-hydrogen) atoms. The molecule has 0 saturated carbocycles. The van der Waals surface area contributed by atoms with Gasteiger partial charge in [-0.2, -0.15) is 20.4 Å². The first-order chi connectivity index (χ1) is 63.5. The van der Waals surface area contributed by atoms with E-state index in [1.54, 1.807) is 97.2 Å². The zero-order chi connectivity index (χ0) is 95.2. The van der Waals surface area contributed by atoms with E-state index in [0.717, 1.165) is 178 Å². The minimum absolute atomic E-state index is 0.0245. The van der Waals surface area contributed by atoms with Crippen LogP contribution in [-0.4, -0.2) is 184 Å². The summed E-state index contributed by atoms with van der Waals surface area (Å²) < 4.78 is 165. The van der Waals surface area contributed by atoms with Gasteiger partial charge < -0.3 is 28.6 Å². The van der Waals surface area contributed by atoms with Crippen molar-refractivity contribution >= 4 is 118 Å². The van der Waals surface area contributed by atoms with Crippen LogP contribution in [0.4, 0.5) is 32.8 Å². The van der Waals surface area contributed by atoms with Gasteiger partial charge in [0.2, 0.25) is 0 Å². The van der Waals surface area contributed by atoms with Crippen LogP contribution in [-0.2, 0) is 96.4 Å². The van der Waals surface area contributed by atoms with Crippen LogP contribution in [0.3, 0.4) is 0 Å². The van der Waals surface area contributed by atoms with E-state index in [1.165, 1.54) is 42.5 Å². The highest BCUT2D eigenvalue weighted by molar-refractivity contribution is 7.93. The first-order valence-corrected chi connectivity index (χ1v) is 52.2. The Morgan fingerprint density at radius 2 is 0.759 bits per heavy atom. The van der Waals surface area contributed by atoms with Gasteiger partial charge in [0, 0.05) is 152 Å². The lowest BCUT2D eigenvalue weighted by Gasteiger charge is -2.27. The van der Waals surface area contributed by atoms with E-state index in [4.69, 9.17) is 23.7 Å². The number of hydrogen-bond acceptors (Lipinski definition) is 20. The van der Waals surface area contributed by atoms with Crippen molar-refractivity contribution in [2.45, 2.75) is 187 Å². The van der Waals surface area contributed by atoms with Gasteiger partial charge in [0.25, 0.3) is 40.1 Å². The number of hydrogen-bond donors (Lipinski definition) is 0. The third-order valence-electron chi connectivity index (χ3n) is 24.7. The van der Waals surface area contributed by atoms with Gasteiger partial charge in [-0.15, -0.1) is 0 Å². The summed E-state index contributed by atoms with van der Waals surface area (Å²) in [6, 6.07) is 40.5. The van der Waals surface area contributed by atoms with Crippen molar-refractivity contribution in [3.63, 3.8) is 0 Å². The van der Waals surface area contributed by atoms with Gasteiger partial charge in [-0.25, -0.2) is 42.9 Å². The molecule has 7 aromatic carbocycles. The number of aryl methyl sites for hydroxylation is 4. The number of nitrogens with zero attached hydrogens (tertiary/aromatic N) is 14. The molecule has 12 aromatic rings. The summed E-state index contributed by atoms with van der Waals surface area (Å²) in [7, 11) is -10.2. The molecule has 4 saturated heterocycles. The van der Waals surface area contributed by atoms with Crippen LogP contribution in [0.25, 0.3) is 43.6 Å². The molecule has 716 valence electrons. The first kappa shape index (κ1) is 100. The SMILES string of the molecule is CC(C)CN(c1ccc(N(C)C)cc1)S(=O)(=O)c1ccc2c(cnn2CC2CCOCC2)c1.CCc1ccc(N(CC(C)C)S(=O)(=O)c2cc(C(=O)OC)c3c(cnn3CC3CCOCC3)c2)cc1.Cc1cc(C)c(N(CC(C)C)S(=O)(=O)c2ccc3c(cnn3CC3CCOCC3)c2)cn1.Cc1ccc(N(CC(C)C)S(=O)(=O)c2ccc3c(cnn3CC3CCOCC3)c2)c(F)c1. The van der Waals surface area contributed by atoms with Crippen LogP contribution < -0.4 is 22.1 Å². The molecule has 9 heterocycles. The van der Waals surface area contributed by atoms with Crippen LogP contribution in [0.15, 0.2) is 190 Å². The molecule has 0 aliphatic carbocycles. The number of methoxy groups -OCH3 is 1. The Balaban J connectivity index is 0.000000151. The van der Waals surface area contributed by atoms with E-state index in [9.17, 15) is 42.9 Å². The number of pyridine rings is 1. The highest BCUT2D eigenvalue weighted by Gasteiger charge is 2.35. The minimum atomic E-state index is -3.97. The summed E-state index contributed by atoms with van der Waals surface area (Å²) in [5, 5.41) is 21.1. The van der Waals surface area contributed by atoms with Crippen molar-refractivity contribution in [1.29, 1.82) is 0 Å². The molecule has 4 aliphatic heterocycles. The number of aromatic nitrogens is 9. The lowest BCUT2D eigenvalue weighted by molar-refractivity contribution is 0.0589. The van der Waals surface area contributed by atoms with Crippen LogP contribution in [0.2, 0.25) is 0 Å². The zero-order valence-electron chi connectivity index (χ0n) is 79.4. The fraction of sp³-hybridized carbons (Fsp3) is 0.480. The summed E-state index contributed by atoms with van der Waals surface area (Å²) in [6.07, 6.45) is 17.4. The third-order valence-corrected chi connectivity index (χ3v) is 31.8. The number of anilines is 5. The highest BCUT2D eigenvalue weighted by atomic mass is 32.2. The lowest BCUT2D eigenvalue weighted by atomic mass is 10.0. The molecule has 33 heteroatoms. The molecule has 0 unspecified atom stereocenters. The van der Waals surface area contributed by atoms with Gasteiger partial charge in [0.15, 0.2) is 0 Å². The number of carbonyl (C=O) groups excluding carboxylic acids is 1. The van der Waals surface area contributed by atoms with Gasteiger partial charge >= 0.3 is 5.97 Å². The number of rotatable bonds is 31. The molecule has 0 spiro atoms. The molecule has 28 nitrogen and oxygen atoms in total. The van der Waals surface area contributed by atoms with E-state index in [0.29, 0.717) is 91.0 Å². The number of fused-ring (bicyclic) bond motifs is 4. The van der Waals surface area contributed by atoms with Crippen LogP contribution in [0.5, 0.6) is 0 Å². The summed E-state index contributed by atoms with van der Waals surface area (Å²) in [5.41, 5.74) is 10.2. The molecule has 0 N–H and O–H groups in total. The maximum atomic E-state index is 14.7. The predicted octanol–water partition coefficient (Wildman–Crippen LogP) is 18.1. The van der Waals surface area contributed by atoms with Crippen LogP contribution in [0, 0.1) is 73.9 Å². The number of halogens is 1. The molecular formula is C100H131FN14O14S4. The topological polar surface area (TPSA) is 300 Å². The number of sulfonamides is 4. The summed E-state index contributed by atoms with van der Waals surface area (Å²) in [6.45, 7) is 34.1. The average molecular weight is 1900 g/mol. The molecular weight excluding hydrogens is 1770 g/mol. The molecule has 4 fully saturated rings. The fourth-order valence-corrected chi connectivity index (χ4v) is 24.1. The maximum Gasteiger partial charge on any atom is 0.340 e. The second-order valence-corrected chi connectivity index (χ2v) is 44.8. The Labute approximate surface area is 784 Å². The second-order valence-electron chi connectivity index (χ2n) is 37.3. The summed E-state index contributed by atoms with van der Waals surface area (Å²) in [4.78, 5) is 19.9. The third kappa shape index (κ3) is 24.5. The van der Waals surface area contributed by atoms with Crippen molar-refractivity contribution in [1.82, 2.24) is 44.1 Å². The van der Waals surface area contributed by atoms with Crippen molar-refractivity contribution in [3.8, 4) is 0 Å². The Kier molecular flexibility index (Phi) is 33.4.